The molecule has 3 nitrogen and oxygen atoms in total. The zero-order valence-electron chi connectivity index (χ0n) is 6.76. The first-order chi connectivity index (χ1) is 4.79. The van der Waals surface area contributed by atoms with Crippen LogP contribution in [0.4, 0.5) is 0 Å². The molecule has 0 aromatic heterocycles. The van der Waals surface area contributed by atoms with Crippen LogP contribution in [0.1, 0.15) is 20.3 Å². The molecule has 0 bridgehead atoms. The maximum Gasteiger partial charge on any atom is 0.112 e. The molecule has 3 heteroatoms. The van der Waals surface area contributed by atoms with Crippen molar-refractivity contribution in [1.29, 1.82) is 0 Å². The van der Waals surface area contributed by atoms with Gasteiger partial charge in [-0.2, -0.15) is 0 Å². The first-order valence-electron chi connectivity index (χ1n) is 3.89. The summed E-state index contributed by atoms with van der Waals surface area (Å²) < 4.78 is 5.39. The van der Waals surface area contributed by atoms with Gasteiger partial charge in [0.1, 0.15) is 6.73 Å². The van der Waals surface area contributed by atoms with Gasteiger partial charge in [0.15, 0.2) is 0 Å². The number of nitrogens with one attached hydrogen (secondary N) is 1. The van der Waals surface area contributed by atoms with E-state index in [-0.39, 0.29) is 0 Å². The van der Waals surface area contributed by atoms with Crippen LogP contribution < -0.4 is 5.43 Å². The Morgan fingerprint density at radius 3 is 2.90 bits per heavy atom. The normalized spacial score (nSPS) is 20.7. The largest absolute Gasteiger partial charge is 0.362 e. The molecule has 1 aliphatic rings. The average molecular weight is 144 g/mol. The van der Waals surface area contributed by atoms with Crippen LogP contribution in [0.15, 0.2) is 0 Å². The van der Waals surface area contributed by atoms with E-state index in [1.54, 1.807) is 0 Å². The molecule has 1 aliphatic heterocycles. The monoisotopic (exact) mass is 144 g/mol. The Morgan fingerprint density at radius 2 is 2.40 bits per heavy atom. The summed E-state index contributed by atoms with van der Waals surface area (Å²) in [6.07, 6.45) is 1.57. The lowest BCUT2D eigenvalue weighted by Gasteiger charge is -2.16. The van der Waals surface area contributed by atoms with Gasteiger partial charge in [-0.3, -0.25) is 5.43 Å². The van der Waals surface area contributed by atoms with Gasteiger partial charge >= 0.3 is 0 Å². The molecule has 1 fully saturated rings. The summed E-state index contributed by atoms with van der Waals surface area (Å²) in [5.74, 6) is 0. The minimum absolute atomic E-state index is 0.336. The topological polar surface area (TPSA) is 24.5 Å². The summed E-state index contributed by atoms with van der Waals surface area (Å²) in [6, 6.07) is 0. The van der Waals surface area contributed by atoms with Crippen LogP contribution in [0.5, 0.6) is 0 Å². The number of hydrazine groups is 1. The summed E-state index contributed by atoms with van der Waals surface area (Å²) in [7, 11) is 0. The van der Waals surface area contributed by atoms with Gasteiger partial charge in [-0.15, -0.1) is 0 Å². The van der Waals surface area contributed by atoms with Crippen molar-refractivity contribution in [3.63, 3.8) is 0 Å². The van der Waals surface area contributed by atoms with Crippen LogP contribution in [0.2, 0.25) is 0 Å². The molecule has 1 N–H and O–H groups in total. The standard InChI is InChI=1S/C7H16N2O/c1-7(2)10-6-9-5-3-4-8-9/h7-8H,3-6H2,1-2H3. The Balaban J connectivity index is 2.01. The molecule has 0 aromatic rings. The van der Waals surface area contributed by atoms with Crippen LogP contribution in [-0.2, 0) is 4.74 Å². The molecular weight excluding hydrogens is 128 g/mol. The van der Waals surface area contributed by atoms with Gasteiger partial charge in [0, 0.05) is 13.1 Å². The van der Waals surface area contributed by atoms with Crippen molar-refractivity contribution in [3.8, 4) is 0 Å². The molecular formula is C7H16N2O. The zero-order valence-corrected chi connectivity index (χ0v) is 6.76. The quantitative estimate of drug-likeness (QED) is 0.627. The van der Waals surface area contributed by atoms with Crippen LogP contribution in [0.3, 0.4) is 0 Å². The molecule has 0 saturated carbocycles. The molecule has 60 valence electrons. The first-order valence-corrected chi connectivity index (χ1v) is 3.89. The third kappa shape index (κ3) is 2.64. The Hall–Kier alpha value is -0.120. The van der Waals surface area contributed by atoms with Crippen molar-refractivity contribution in [2.45, 2.75) is 26.4 Å². The van der Waals surface area contributed by atoms with Crippen molar-refractivity contribution in [2.24, 2.45) is 0 Å². The molecule has 0 unspecified atom stereocenters. The molecule has 10 heavy (non-hydrogen) atoms. The van der Waals surface area contributed by atoms with Gasteiger partial charge < -0.3 is 4.74 Å². The Kier molecular flexibility index (Phi) is 3.12. The van der Waals surface area contributed by atoms with Gasteiger partial charge in [-0.1, -0.05) is 0 Å². The lowest BCUT2D eigenvalue weighted by Crippen LogP contribution is -2.33. The minimum atomic E-state index is 0.336. The van der Waals surface area contributed by atoms with Crippen LogP contribution >= 0.6 is 0 Å². The predicted octanol–water partition coefficient (Wildman–Crippen LogP) is 0.579. The molecule has 0 atom stereocenters. The molecule has 1 saturated heterocycles. The van der Waals surface area contributed by atoms with E-state index in [0.717, 1.165) is 19.8 Å². The third-order valence-corrected chi connectivity index (χ3v) is 1.50. The highest BCUT2D eigenvalue weighted by Gasteiger charge is 2.09. The van der Waals surface area contributed by atoms with E-state index in [1.807, 2.05) is 0 Å². The van der Waals surface area contributed by atoms with Gasteiger partial charge in [0.05, 0.1) is 6.10 Å². The van der Waals surface area contributed by atoms with E-state index < -0.39 is 0 Å². The highest BCUT2D eigenvalue weighted by Crippen LogP contribution is 1.97. The fourth-order valence-electron chi connectivity index (χ4n) is 0.935. The number of nitrogens with zero attached hydrogens (tertiary/aromatic N) is 1. The van der Waals surface area contributed by atoms with Gasteiger partial charge in [0.2, 0.25) is 0 Å². The predicted molar refractivity (Wildman–Crippen MR) is 40.4 cm³/mol. The maximum atomic E-state index is 5.39. The second kappa shape index (κ2) is 3.91. The first kappa shape index (κ1) is 7.98. The van der Waals surface area contributed by atoms with Crippen LogP contribution in [0, 0.1) is 0 Å². The van der Waals surface area contributed by atoms with Crippen molar-refractivity contribution in [2.75, 3.05) is 19.8 Å². The van der Waals surface area contributed by atoms with Crippen molar-refractivity contribution in [3.05, 3.63) is 0 Å². The van der Waals surface area contributed by atoms with E-state index >= 15 is 0 Å². The van der Waals surface area contributed by atoms with Gasteiger partial charge in [-0.25, -0.2) is 5.01 Å². The van der Waals surface area contributed by atoms with Gasteiger partial charge in [-0.05, 0) is 20.3 Å². The van der Waals surface area contributed by atoms with E-state index in [9.17, 15) is 0 Å². The van der Waals surface area contributed by atoms with Crippen LogP contribution in [-0.4, -0.2) is 30.9 Å². The number of hydrogen-bond acceptors (Lipinski definition) is 3. The summed E-state index contributed by atoms with van der Waals surface area (Å²) in [4.78, 5) is 0. The van der Waals surface area contributed by atoms with Crippen molar-refractivity contribution in [1.82, 2.24) is 10.4 Å². The van der Waals surface area contributed by atoms with E-state index in [4.69, 9.17) is 4.74 Å². The Labute approximate surface area is 62.3 Å². The summed E-state index contributed by atoms with van der Waals surface area (Å²) >= 11 is 0. The SMILES string of the molecule is CC(C)OCN1CCCN1. The number of hydrogen-bond donors (Lipinski definition) is 1. The summed E-state index contributed by atoms with van der Waals surface area (Å²) in [6.45, 7) is 7.04. The smallest absolute Gasteiger partial charge is 0.112 e. The van der Waals surface area contributed by atoms with Crippen molar-refractivity contribution >= 4 is 0 Å². The lowest BCUT2D eigenvalue weighted by atomic mass is 10.5. The average Bonchev–Trinajstić information content (AvgIpc) is 2.34. The zero-order chi connectivity index (χ0) is 7.40. The third-order valence-electron chi connectivity index (χ3n) is 1.50. The molecule has 0 aliphatic carbocycles. The Bertz CT molecular complexity index is 89.6. The maximum absolute atomic E-state index is 5.39. The fourth-order valence-corrected chi connectivity index (χ4v) is 0.935. The molecule has 0 amide bonds. The van der Waals surface area contributed by atoms with E-state index in [1.165, 1.54) is 6.42 Å². The molecule has 1 heterocycles. The minimum Gasteiger partial charge on any atom is -0.362 e. The Morgan fingerprint density at radius 1 is 1.60 bits per heavy atom. The molecule has 1 rings (SSSR count). The fraction of sp³-hybridized carbons (Fsp3) is 1.00. The lowest BCUT2D eigenvalue weighted by molar-refractivity contribution is -0.0155. The molecule has 0 radical (unpaired) electrons. The number of rotatable bonds is 3. The van der Waals surface area contributed by atoms with Crippen LogP contribution in [0.25, 0.3) is 0 Å². The second-order valence-electron chi connectivity index (χ2n) is 2.87. The van der Waals surface area contributed by atoms with Gasteiger partial charge in [0.25, 0.3) is 0 Å². The van der Waals surface area contributed by atoms with E-state index in [0.29, 0.717) is 6.10 Å². The second-order valence-corrected chi connectivity index (χ2v) is 2.87. The summed E-state index contributed by atoms with van der Waals surface area (Å²) in [5, 5.41) is 2.11. The van der Waals surface area contributed by atoms with E-state index in [2.05, 4.69) is 24.3 Å². The molecule has 0 spiro atoms. The van der Waals surface area contributed by atoms with Crippen molar-refractivity contribution < 1.29 is 4.74 Å². The number of ether oxygens (including phenoxy) is 1. The highest BCUT2D eigenvalue weighted by molar-refractivity contribution is 4.57. The summed E-state index contributed by atoms with van der Waals surface area (Å²) in [5.41, 5.74) is 3.22. The highest BCUT2D eigenvalue weighted by atomic mass is 16.5. The molecule has 0 aromatic carbocycles.